The van der Waals surface area contributed by atoms with Crippen molar-refractivity contribution in [1.82, 2.24) is 9.97 Å². The molecule has 0 aliphatic rings. The number of nitrogens with zero attached hydrogens (tertiary/aromatic N) is 2. The molecule has 0 fully saturated rings. The van der Waals surface area contributed by atoms with Crippen LogP contribution in [0.5, 0.6) is 0 Å². The second-order valence-electron chi connectivity index (χ2n) is 4.90. The number of hydrogen-bond donors (Lipinski definition) is 2. The Labute approximate surface area is 146 Å². The van der Waals surface area contributed by atoms with Gasteiger partial charge in [-0.15, -0.1) is 0 Å². The summed E-state index contributed by atoms with van der Waals surface area (Å²) in [4.78, 5) is 18.8. The lowest BCUT2D eigenvalue weighted by Crippen LogP contribution is -2.02. The van der Waals surface area contributed by atoms with Gasteiger partial charge in [0.1, 0.15) is 11.9 Å². The molecule has 0 aliphatic carbocycles. The van der Waals surface area contributed by atoms with Crippen LogP contribution in [-0.4, -0.2) is 21.0 Å². The molecule has 3 rings (SSSR count). The summed E-state index contributed by atoms with van der Waals surface area (Å²) in [6, 6.07) is 12.2. The number of aromatic nitrogens is 2. The Hall–Kier alpha value is -2.81. The summed E-state index contributed by atoms with van der Waals surface area (Å²) in [5.41, 5.74) is 1.62. The van der Waals surface area contributed by atoms with E-state index in [2.05, 4.69) is 9.97 Å². The van der Waals surface area contributed by atoms with Gasteiger partial charge in [-0.05, 0) is 30.3 Å². The molecule has 2 aromatic carbocycles. The predicted octanol–water partition coefficient (Wildman–Crippen LogP) is 4.63. The summed E-state index contributed by atoms with van der Waals surface area (Å²) < 4.78 is 0. The number of carbonyl (C=O) groups is 1. The van der Waals surface area contributed by atoms with Gasteiger partial charge in [-0.2, -0.15) is 5.26 Å². The summed E-state index contributed by atoms with van der Waals surface area (Å²) in [6.07, 6.45) is 1.37. The maximum atomic E-state index is 11.5. The molecule has 118 valence electrons. The Morgan fingerprint density at radius 1 is 1.21 bits per heavy atom. The Bertz CT molecular complexity index is 999. The van der Waals surface area contributed by atoms with E-state index in [9.17, 15) is 15.2 Å². The Kier molecular flexibility index (Phi) is 4.26. The maximum Gasteiger partial charge on any atom is 0.337 e. The normalized spacial score (nSPS) is 11.5. The fourth-order valence-electron chi connectivity index (χ4n) is 2.30. The van der Waals surface area contributed by atoms with Crippen LogP contribution in [0.25, 0.3) is 22.7 Å². The van der Waals surface area contributed by atoms with E-state index in [0.717, 1.165) is 5.52 Å². The number of carboxylic acid groups (broad SMARTS) is 1. The minimum absolute atomic E-state index is 0.0417. The zero-order valence-electron chi connectivity index (χ0n) is 12.0. The van der Waals surface area contributed by atoms with Crippen LogP contribution in [0.4, 0.5) is 0 Å². The van der Waals surface area contributed by atoms with Gasteiger partial charge in [-0.3, -0.25) is 0 Å². The van der Waals surface area contributed by atoms with Crippen molar-refractivity contribution < 1.29 is 9.90 Å². The number of aromatic amines is 1. The quantitative estimate of drug-likeness (QED) is 0.668. The molecule has 0 bridgehead atoms. The van der Waals surface area contributed by atoms with Crippen LogP contribution in [0.15, 0.2) is 36.4 Å². The molecule has 3 aromatic rings. The van der Waals surface area contributed by atoms with Crippen molar-refractivity contribution in [3.05, 3.63) is 63.4 Å². The van der Waals surface area contributed by atoms with E-state index in [-0.39, 0.29) is 26.7 Å². The second kappa shape index (κ2) is 6.36. The zero-order chi connectivity index (χ0) is 17.3. The van der Waals surface area contributed by atoms with Crippen molar-refractivity contribution in [2.45, 2.75) is 0 Å². The van der Waals surface area contributed by atoms with Crippen molar-refractivity contribution in [1.29, 1.82) is 5.26 Å². The van der Waals surface area contributed by atoms with Crippen molar-refractivity contribution in [2.24, 2.45) is 0 Å². The van der Waals surface area contributed by atoms with Crippen molar-refractivity contribution in [3.8, 4) is 6.07 Å². The van der Waals surface area contributed by atoms with Crippen molar-refractivity contribution in [3.63, 3.8) is 0 Å². The number of fused-ring (bicyclic) bond motifs is 1. The highest BCUT2D eigenvalue weighted by atomic mass is 35.5. The number of benzene rings is 2. The highest BCUT2D eigenvalue weighted by molar-refractivity contribution is 6.37. The topological polar surface area (TPSA) is 89.8 Å². The molecular formula is C17H9Cl2N3O2. The molecule has 5 nitrogen and oxygen atoms in total. The molecule has 2 N–H and O–H groups in total. The van der Waals surface area contributed by atoms with E-state index in [0.29, 0.717) is 11.3 Å². The molecule has 0 spiro atoms. The fraction of sp³-hybridized carbons (Fsp3) is 0. The summed E-state index contributed by atoms with van der Waals surface area (Å²) in [5, 5.41) is 19.0. The van der Waals surface area contributed by atoms with Gasteiger partial charge in [-0.25, -0.2) is 9.78 Å². The molecule has 0 saturated heterocycles. The second-order valence-corrected chi connectivity index (χ2v) is 5.71. The molecule has 0 radical (unpaired) electrons. The van der Waals surface area contributed by atoms with E-state index >= 15 is 0 Å². The average Bonchev–Trinajstić information content (AvgIpc) is 2.98. The number of imidazole rings is 1. The number of hydrogen-bond acceptors (Lipinski definition) is 3. The lowest BCUT2D eigenvalue weighted by atomic mass is 10.0. The summed E-state index contributed by atoms with van der Waals surface area (Å²) in [5.74, 6) is -0.901. The molecule has 7 heteroatoms. The fourth-order valence-corrected chi connectivity index (χ4v) is 2.76. The van der Waals surface area contributed by atoms with Gasteiger partial charge in [0.25, 0.3) is 0 Å². The summed E-state index contributed by atoms with van der Waals surface area (Å²) in [7, 11) is 0. The van der Waals surface area contributed by atoms with Crippen LogP contribution < -0.4 is 0 Å². The number of allylic oxidation sites excluding steroid dienone is 1. The molecular weight excluding hydrogens is 349 g/mol. The van der Waals surface area contributed by atoms with E-state index in [4.69, 9.17) is 23.2 Å². The molecule has 1 aromatic heterocycles. The van der Waals surface area contributed by atoms with Gasteiger partial charge in [0.2, 0.25) is 0 Å². The number of halogens is 2. The van der Waals surface area contributed by atoms with E-state index < -0.39 is 5.97 Å². The van der Waals surface area contributed by atoms with Crippen LogP contribution in [-0.2, 0) is 0 Å². The first kappa shape index (κ1) is 16.1. The van der Waals surface area contributed by atoms with E-state index in [1.54, 1.807) is 6.07 Å². The number of carboxylic acids is 1. The molecule has 24 heavy (non-hydrogen) atoms. The minimum atomic E-state index is -1.23. The largest absolute Gasteiger partial charge is 0.478 e. The number of nitriles is 1. The monoisotopic (exact) mass is 357 g/mol. The van der Waals surface area contributed by atoms with Crippen molar-refractivity contribution >= 4 is 51.9 Å². The molecule has 0 atom stereocenters. The van der Waals surface area contributed by atoms with Gasteiger partial charge in [-0.1, -0.05) is 35.3 Å². The van der Waals surface area contributed by atoms with Crippen LogP contribution in [0, 0.1) is 11.3 Å². The first-order valence-electron chi connectivity index (χ1n) is 6.79. The highest BCUT2D eigenvalue weighted by Gasteiger charge is 2.18. The lowest BCUT2D eigenvalue weighted by Gasteiger charge is -2.06. The highest BCUT2D eigenvalue weighted by Crippen LogP contribution is 2.30. The van der Waals surface area contributed by atoms with Gasteiger partial charge in [0.15, 0.2) is 0 Å². The Balaban J connectivity index is 2.21. The third-order valence-corrected chi connectivity index (χ3v) is 4.05. The van der Waals surface area contributed by atoms with Gasteiger partial charge in [0.05, 0.1) is 27.2 Å². The minimum Gasteiger partial charge on any atom is -0.478 e. The molecule has 1 heterocycles. The molecule has 0 saturated carbocycles. The standard InChI is InChI=1S/C17H9Cl2N3O2/c18-11-5-6-12(19)15(17(23)24)10(11)7-9(8-20)16-21-13-3-1-2-4-14(13)22-16/h1-7H,(H,21,22)(H,23,24)/b9-7+. The first-order valence-corrected chi connectivity index (χ1v) is 7.55. The Morgan fingerprint density at radius 3 is 2.58 bits per heavy atom. The van der Waals surface area contributed by atoms with Gasteiger partial charge < -0.3 is 10.1 Å². The smallest absolute Gasteiger partial charge is 0.337 e. The Morgan fingerprint density at radius 2 is 1.92 bits per heavy atom. The van der Waals surface area contributed by atoms with Gasteiger partial charge >= 0.3 is 5.97 Å². The third-order valence-electron chi connectivity index (χ3n) is 3.41. The van der Waals surface area contributed by atoms with Crippen LogP contribution in [0.1, 0.15) is 21.7 Å². The number of rotatable bonds is 3. The lowest BCUT2D eigenvalue weighted by molar-refractivity contribution is 0.0697. The molecule has 0 unspecified atom stereocenters. The number of para-hydroxylation sites is 2. The summed E-state index contributed by atoms with van der Waals surface area (Å²) >= 11 is 12.1. The number of aromatic carboxylic acids is 1. The maximum absolute atomic E-state index is 11.5. The van der Waals surface area contributed by atoms with Crippen LogP contribution in [0.2, 0.25) is 10.0 Å². The third kappa shape index (κ3) is 2.85. The van der Waals surface area contributed by atoms with Crippen molar-refractivity contribution in [2.75, 3.05) is 0 Å². The van der Waals surface area contributed by atoms with Gasteiger partial charge in [0, 0.05) is 10.6 Å². The average molecular weight is 358 g/mol. The predicted molar refractivity (Wildman–Crippen MR) is 93.0 cm³/mol. The SMILES string of the molecule is N#C/C(=C\c1c(Cl)ccc(Cl)c1C(=O)O)c1nc2ccccc2[nH]1. The molecule has 0 amide bonds. The number of H-pyrrole nitrogens is 1. The van der Waals surface area contributed by atoms with E-state index in [1.807, 2.05) is 24.3 Å². The zero-order valence-corrected chi connectivity index (χ0v) is 13.6. The summed E-state index contributed by atoms with van der Waals surface area (Å²) in [6.45, 7) is 0. The van der Waals surface area contributed by atoms with Crippen LogP contribution >= 0.6 is 23.2 Å². The van der Waals surface area contributed by atoms with Crippen LogP contribution in [0.3, 0.4) is 0 Å². The molecule has 0 aliphatic heterocycles. The first-order chi connectivity index (χ1) is 11.5. The van der Waals surface area contributed by atoms with E-state index in [1.165, 1.54) is 18.2 Å². The number of nitrogens with one attached hydrogen (secondary N) is 1.